The highest BCUT2D eigenvalue weighted by molar-refractivity contribution is 5.99. The Morgan fingerprint density at radius 3 is 2.18 bits per heavy atom. The lowest BCUT2D eigenvalue weighted by Gasteiger charge is -2.03. The quantitative estimate of drug-likeness (QED) is 0.346. The molecule has 0 saturated heterocycles. The van der Waals surface area contributed by atoms with Gasteiger partial charge in [-0.05, 0) is 18.9 Å². The summed E-state index contributed by atoms with van der Waals surface area (Å²) in [6.45, 7) is 4.15. The van der Waals surface area contributed by atoms with Gasteiger partial charge in [0.25, 0.3) is 0 Å². The number of hydrogen-bond donors (Lipinski definition) is 1. The molecule has 0 heterocycles. The first-order valence-corrected chi connectivity index (χ1v) is 8.62. The molecule has 0 aliphatic rings. The van der Waals surface area contributed by atoms with Crippen LogP contribution in [0.3, 0.4) is 0 Å². The van der Waals surface area contributed by atoms with Crippen LogP contribution in [0, 0.1) is 0 Å². The fraction of sp³-hybridized carbons (Fsp3) is 0.579. The second-order valence-corrected chi connectivity index (χ2v) is 5.82. The van der Waals surface area contributed by atoms with E-state index in [-0.39, 0.29) is 5.91 Å². The molecule has 3 heteroatoms. The highest BCUT2D eigenvalue weighted by Gasteiger charge is 2.01. The molecule has 1 amide bonds. The predicted molar refractivity (Wildman–Crippen MR) is 94.0 cm³/mol. The van der Waals surface area contributed by atoms with Crippen molar-refractivity contribution in [1.82, 2.24) is 5.43 Å². The lowest BCUT2D eigenvalue weighted by Crippen LogP contribution is -2.18. The highest BCUT2D eigenvalue weighted by atomic mass is 16.2. The van der Waals surface area contributed by atoms with E-state index in [0.29, 0.717) is 6.42 Å². The molecule has 1 N–H and O–H groups in total. The summed E-state index contributed by atoms with van der Waals surface area (Å²) in [4.78, 5) is 11.7. The van der Waals surface area contributed by atoms with E-state index in [1.165, 1.54) is 38.5 Å². The van der Waals surface area contributed by atoms with Crippen molar-refractivity contribution in [2.45, 2.75) is 71.6 Å². The Kier molecular flexibility index (Phi) is 10.0. The summed E-state index contributed by atoms with van der Waals surface area (Å²) in [6.07, 6.45) is 10.5. The van der Waals surface area contributed by atoms with Crippen molar-refractivity contribution in [3.05, 3.63) is 35.9 Å². The molecule has 1 aromatic carbocycles. The minimum atomic E-state index is 0.0151. The average Bonchev–Trinajstić information content (AvgIpc) is 2.56. The van der Waals surface area contributed by atoms with Crippen LogP contribution in [-0.2, 0) is 4.79 Å². The van der Waals surface area contributed by atoms with Crippen molar-refractivity contribution in [3.8, 4) is 0 Å². The van der Waals surface area contributed by atoms with Crippen LogP contribution < -0.4 is 5.43 Å². The van der Waals surface area contributed by atoms with E-state index in [1.54, 1.807) is 0 Å². The fourth-order valence-electron chi connectivity index (χ4n) is 2.37. The third-order valence-corrected chi connectivity index (χ3v) is 3.80. The minimum absolute atomic E-state index is 0.0151. The Hall–Kier alpha value is -1.64. The van der Waals surface area contributed by atoms with Crippen LogP contribution >= 0.6 is 0 Å². The number of carbonyl (C=O) groups excluding carboxylic acids is 1. The van der Waals surface area contributed by atoms with Gasteiger partial charge in [-0.1, -0.05) is 82.2 Å². The van der Waals surface area contributed by atoms with E-state index in [4.69, 9.17) is 0 Å². The van der Waals surface area contributed by atoms with Gasteiger partial charge in [0.15, 0.2) is 0 Å². The maximum atomic E-state index is 11.7. The van der Waals surface area contributed by atoms with E-state index in [1.807, 2.05) is 37.3 Å². The largest absolute Gasteiger partial charge is 0.273 e. The monoisotopic (exact) mass is 302 g/mol. The van der Waals surface area contributed by atoms with Gasteiger partial charge < -0.3 is 0 Å². The maximum Gasteiger partial charge on any atom is 0.240 e. The molecule has 0 atom stereocenters. The average molecular weight is 302 g/mol. The molecule has 122 valence electrons. The van der Waals surface area contributed by atoms with Crippen molar-refractivity contribution in [3.63, 3.8) is 0 Å². The molecule has 0 bridgehead atoms. The van der Waals surface area contributed by atoms with Crippen molar-refractivity contribution < 1.29 is 4.79 Å². The van der Waals surface area contributed by atoms with Crippen molar-refractivity contribution in [2.24, 2.45) is 5.10 Å². The van der Waals surface area contributed by atoms with Crippen molar-refractivity contribution in [2.75, 3.05) is 0 Å². The molecular formula is C19H30N2O. The Morgan fingerprint density at radius 2 is 1.55 bits per heavy atom. The Labute approximate surface area is 135 Å². The molecule has 0 aromatic heterocycles. The number of rotatable bonds is 11. The molecule has 0 unspecified atom stereocenters. The maximum absolute atomic E-state index is 11.7. The van der Waals surface area contributed by atoms with Gasteiger partial charge in [0, 0.05) is 6.42 Å². The zero-order chi connectivity index (χ0) is 16.0. The highest BCUT2D eigenvalue weighted by Crippen LogP contribution is 2.09. The first-order valence-electron chi connectivity index (χ1n) is 8.62. The van der Waals surface area contributed by atoms with Gasteiger partial charge in [0.2, 0.25) is 5.91 Å². The molecule has 0 spiro atoms. The van der Waals surface area contributed by atoms with Gasteiger partial charge in [-0.2, -0.15) is 5.10 Å². The molecule has 22 heavy (non-hydrogen) atoms. The molecular weight excluding hydrogens is 272 g/mol. The number of hydrazone groups is 1. The van der Waals surface area contributed by atoms with Crippen LogP contribution in [-0.4, -0.2) is 11.6 Å². The minimum Gasteiger partial charge on any atom is -0.273 e. The van der Waals surface area contributed by atoms with Crippen molar-refractivity contribution >= 4 is 11.6 Å². The van der Waals surface area contributed by atoms with Crippen LogP contribution in [0.5, 0.6) is 0 Å². The number of unbranched alkanes of at least 4 members (excludes halogenated alkanes) is 7. The van der Waals surface area contributed by atoms with E-state index in [9.17, 15) is 4.79 Å². The van der Waals surface area contributed by atoms with Gasteiger partial charge in [0.1, 0.15) is 0 Å². The first kappa shape index (κ1) is 18.4. The van der Waals surface area contributed by atoms with E-state index in [0.717, 1.165) is 24.1 Å². The zero-order valence-corrected chi connectivity index (χ0v) is 14.1. The van der Waals surface area contributed by atoms with Gasteiger partial charge >= 0.3 is 0 Å². The number of hydrogen-bond acceptors (Lipinski definition) is 2. The molecule has 3 nitrogen and oxygen atoms in total. The SMILES string of the molecule is CCCCCCCCCCC(=O)N/N=C(\C)c1ccccc1. The molecule has 1 rings (SSSR count). The van der Waals surface area contributed by atoms with E-state index >= 15 is 0 Å². The van der Waals surface area contributed by atoms with E-state index in [2.05, 4.69) is 17.5 Å². The lowest BCUT2D eigenvalue weighted by molar-refractivity contribution is -0.121. The number of benzene rings is 1. The molecule has 0 aliphatic carbocycles. The molecule has 0 radical (unpaired) electrons. The number of nitrogens with one attached hydrogen (secondary N) is 1. The number of carbonyl (C=O) groups is 1. The van der Waals surface area contributed by atoms with Crippen molar-refractivity contribution in [1.29, 1.82) is 0 Å². The lowest BCUT2D eigenvalue weighted by atomic mass is 10.1. The van der Waals surface area contributed by atoms with Gasteiger partial charge in [0.05, 0.1) is 5.71 Å². The van der Waals surface area contributed by atoms with Crippen LogP contribution in [0.4, 0.5) is 0 Å². The van der Waals surface area contributed by atoms with Gasteiger partial charge in [-0.25, -0.2) is 5.43 Å². The molecule has 0 fully saturated rings. The van der Waals surface area contributed by atoms with Gasteiger partial charge in [-0.15, -0.1) is 0 Å². The smallest absolute Gasteiger partial charge is 0.240 e. The Morgan fingerprint density at radius 1 is 0.955 bits per heavy atom. The summed E-state index contributed by atoms with van der Waals surface area (Å²) in [5, 5.41) is 4.16. The standard InChI is InChI=1S/C19H30N2O/c1-3-4-5-6-7-8-9-13-16-19(22)21-20-17(2)18-14-11-10-12-15-18/h10-12,14-15H,3-9,13,16H2,1-2H3,(H,21,22)/b20-17+. The second-order valence-electron chi connectivity index (χ2n) is 5.82. The molecule has 0 aliphatic heterocycles. The number of nitrogens with zero attached hydrogens (tertiary/aromatic N) is 1. The molecule has 1 aromatic rings. The van der Waals surface area contributed by atoms with Gasteiger partial charge in [-0.3, -0.25) is 4.79 Å². The normalized spacial score (nSPS) is 11.5. The summed E-state index contributed by atoms with van der Waals surface area (Å²) >= 11 is 0. The van der Waals surface area contributed by atoms with Crippen LogP contribution in [0.25, 0.3) is 0 Å². The summed E-state index contributed by atoms with van der Waals surface area (Å²) in [5.41, 5.74) is 4.52. The first-order chi connectivity index (χ1) is 10.7. The summed E-state index contributed by atoms with van der Waals surface area (Å²) < 4.78 is 0. The summed E-state index contributed by atoms with van der Waals surface area (Å²) in [7, 11) is 0. The second kappa shape index (κ2) is 12.0. The van der Waals surface area contributed by atoms with Crippen LogP contribution in [0.2, 0.25) is 0 Å². The predicted octanol–water partition coefficient (Wildman–Crippen LogP) is 5.06. The third kappa shape index (κ3) is 8.60. The summed E-state index contributed by atoms with van der Waals surface area (Å²) in [6, 6.07) is 9.89. The topological polar surface area (TPSA) is 41.5 Å². The summed E-state index contributed by atoms with van der Waals surface area (Å²) in [5.74, 6) is 0.0151. The Bertz CT molecular complexity index is 440. The van der Waals surface area contributed by atoms with E-state index < -0.39 is 0 Å². The Balaban J connectivity index is 2.09. The zero-order valence-electron chi connectivity index (χ0n) is 14.1. The molecule has 0 saturated carbocycles. The van der Waals surface area contributed by atoms with Crippen LogP contribution in [0.1, 0.15) is 77.2 Å². The van der Waals surface area contributed by atoms with Crippen LogP contribution in [0.15, 0.2) is 35.4 Å². The fourth-order valence-corrected chi connectivity index (χ4v) is 2.37. The third-order valence-electron chi connectivity index (χ3n) is 3.80. The number of amides is 1.